The van der Waals surface area contributed by atoms with Crippen LogP contribution in [-0.2, 0) is 18.1 Å². The van der Waals surface area contributed by atoms with Crippen molar-refractivity contribution in [2.24, 2.45) is 0 Å². The fraction of sp³-hybridized carbons (Fsp3) is 0.909. The molecule has 0 amide bonds. The van der Waals surface area contributed by atoms with Gasteiger partial charge in [0.05, 0.1) is 12.2 Å². The van der Waals surface area contributed by atoms with Gasteiger partial charge in [-0.1, -0.05) is 0 Å². The smallest absolute Gasteiger partial charge is 0.284 e. The van der Waals surface area contributed by atoms with Crippen LogP contribution in [0.25, 0.3) is 0 Å². The monoisotopic (exact) mass is 389 g/mol. The van der Waals surface area contributed by atoms with E-state index in [4.69, 9.17) is 5.26 Å². The van der Waals surface area contributed by atoms with Gasteiger partial charge in [0.2, 0.25) is 6.10 Å². The molecule has 24 heavy (non-hydrogen) atoms. The molecule has 0 radical (unpaired) electrons. The second-order valence-electron chi connectivity index (χ2n) is 5.07. The quantitative estimate of drug-likeness (QED) is 0.445. The van der Waals surface area contributed by atoms with E-state index in [-0.39, 0.29) is 0 Å². The lowest BCUT2D eigenvalue weighted by molar-refractivity contribution is -0.365. The standard InChI is InChI=1S/C11H15F7NO4P/c1-6(2)21-24(20,22-7(3)4)23-8(5-19)9(12,13)10(14,15)11(16,17)18/h6-8H,1-4H3. The van der Waals surface area contributed by atoms with E-state index in [1.54, 1.807) is 0 Å². The van der Waals surface area contributed by atoms with Crippen LogP contribution in [-0.4, -0.2) is 36.3 Å². The zero-order valence-corrected chi connectivity index (χ0v) is 13.8. The van der Waals surface area contributed by atoms with Gasteiger partial charge in [0.15, 0.2) is 0 Å². The molecule has 0 aromatic carbocycles. The van der Waals surface area contributed by atoms with Crippen molar-refractivity contribution >= 4 is 7.82 Å². The van der Waals surface area contributed by atoms with Crippen LogP contribution < -0.4 is 0 Å². The SMILES string of the molecule is CC(C)OP(=O)(OC(C)C)OC(C#N)C(F)(F)C(F)(F)C(F)(F)F. The Labute approximate surface area is 133 Å². The van der Waals surface area contributed by atoms with Gasteiger partial charge in [-0.2, -0.15) is 36.0 Å². The number of phosphoric ester groups is 1. The van der Waals surface area contributed by atoms with Gasteiger partial charge in [0.1, 0.15) is 6.07 Å². The molecule has 142 valence electrons. The number of phosphoric acid groups is 1. The Morgan fingerprint density at radius 1 is 0.875 bits per heavy atom. The summed E-state index contributed by atoms with van der Waals surface area (Å²) >= 11 is 0. The molecule has 0 aromatic heterocycles. The fourth-order valence-electron chi connectivity index (χ4n) is 1.24. The molecule has 0 aliphatic rings. The number of alkyl halides is 7. The van der Waals surface area contributed by atoms with Crippen molar-refractivity contribution in [1.82, 2.24) is 0 Å². The molecular formula is C11H15F7NO4P. The molecular weight excluding hydrogens is 374 g/mol. The summed E-state index contributed by atoms with van der Waals surface area (Å²) < 4.78 is 115. The van der Waals surface area contributed by atoms with Crippen molar-refractivity contribution in [3.63, 3.8) is 0 Å². The lowest BCUT2D eigenvalue weighted by Crippen LogP contribution is -2.58. The minimum atomic E-state index is -6.67. The summed E-state index contributed by atoms with van der Waals surface area (Å²) in [5.41, 5.74) is 0. The number of halogens is 7. The molecule has 0 saturated carbocycles. The Morgan fingerprint density at radius 3 is 1.50 bits per heavy atom. The first-order chi connectivity index (χ1) is 10.5. The molecule has 13 heteroatoms. The Morgan fingerprint density at radius 2 is 1.25 bits per heavy atom. The van der Waals surface area contributed by atoms with Crippen molar-refractivity contribution in [2.75, 3.05) is 0 Å². The second kappa shape index (κ2) is 7.56. The highest BCUT2D eigenvalue weighted by Gasteiger charge is 2.76. The second-order valence-corrected chi connectivity index (χ2v) is 6.59. The highest BCUT2D eigenvalue weighted by atomic mass is 31.2. The molecule has 0 N–H and O–H groups in total. The summed E-state index contributed by atoms with van der Waals surface area (Å²) in [6.07, 6.45) is -12.4. The summed E-state index contributed by atoms with van der Waals surface area (Å²) in [6.45, 7) is 4.96. The lowest BCUT2D eigenvalue weighted by Gasteiger charge is -2.32. The molecule has 0 heterocycles. The molecule has 0 fully saturated rings. The molecule has 0 aliphatic heterocycles. The summed E-state index contributed by atoms with van der Waals surface area (Å²) in [6, 6.07) is 0.438. The summed E-state index contributed by atoms with van der Waals surface area (Å²) in [5, 5.41) is 8.53. The highest BCUT2D eigenvalue weighted by Crippen LogP contribution is 2.57. The zero-order chi connectivity index (χ0) is 19.6. The van der Waals surface area contributed by atoms with Crippen LogP contribution in [0.4, 0.5) is 30.7 Å². The van der Waals surface area contributed by atoms with Gasteiger partial charge in [0.25, 0.3) is 0 Å². The van der Waals surface area contributed by atoms with Gasteiger partial charge >= 0.3 is 25.8 Å². The Balaban J connectivity index is 5.76. The van der Waals surface area contributed by atoms with Crippen molar-refractivity contribution in [3.05, 3.63) is 0 Å². The van der Waals surface area contributed by atoms with E-state index in [1.807, 2.05) is 0 Å². The van der Waals surface area contributed by atoms with Crippen LogP contribution in [0.2, 0.25) is 0 Å². The largest absolute Gasteiger partial charge is 0.476 e. The van der Waals surface area contributed by atoms with Crippen molar-refractivity contribution in [1.29, 1.82) is 5.26 Å². The van der Waals surface area contributed by atoms with E-state index in [2.05, 4.69) is 13.6 Å². The number of rotatable bonds is 8. The third-order valence-corrected chi connectivity index (χ3v) is 3.96. The topological polar surface area (TPSA) is 68.6 Å². The normalized spacial score (nSPS) is 15.7. The predicted molar refractivity (Wildman–Crippen MR) is 66.5 cm³/mol. The molecule has 0 saturated heterocycles. The Kier molecular flexibility index (Phi) is 7.28. The van der Waals surface area contributed by atoms with Gasteiger partial charge in [-0.15, -0.1) is 0 Å². The van der Waals surface area contributed by atoms with Crippen LogP contribution in [0.1, 0.15) is 27.7 Å². The summed E-state index contributed by atoms with van der Waals surface area (Å²) in [5.74, 6) is -12.7. The van der Waals surface area contributed by atoms with Crippen LogP contribution in [0.15, 0.2) is 0 Å². The van der Waals surface area contributed by atoms with Crippen molar-refractivity contribution < 1.29 is 48.9 Å². The minimum Gasteiger partial charge on any atom is -0.284 e. The van der Waals surface area contributed by atoms with E-state index in [9.17, 15) is 35.3 Å². The molecule has 1 unspecified atom stereocenters. The average Bonchev–Trinajstić information content (AvgIpc) is 2.31. The first kappa shape index (κ1) is 23.1. The maximum absolute atomic E-state index is 13.5. The number of hydrogen-bond acceptors (Lipinski definition) is 5. The zero-order valence-electron chi connectivity index (χ0n) is 12.9. The predicted octanol–water partition coefficient (Wildman–Crippen LogP) is 4.69. The summed E-state index contributed by atoms with van der Waals surface area (Å²) in [7, 11) is -5.03. The van der Waals surface area contributed by atoms with E-state index in [1.165, 1.54) is 27.7 Å². The van der Waals surface area contributed by atoms with Gasteiger partial charge in [-0.3, -0.25) is 13.6 Å². The molecule has 0 aliphatic carbocycles. The first-order valence-corrected chi connectivity index (χ1v) is 7.83. The van der Waals surface area contributed by atoms with Gasteiger partial charge in [0, 0.05) is 0 Å². The minimum absolute atomic E-state index is 0.438. The molecule has 0 rings (SSSR count). The molecule has 0 aromatic rings. The Bertz CT molecular complexity index is 501. The lowest BCUT2D eigenvalue weighted by atomic mass is 10.1. The van der Waals surface area contributed by atoms with E-state index in [0.29, 0.717) is 6.07 Å². The third kappa shape index (κ3) is 5.31. The fourth-order valence-corrected chi connectivity index (χ4v) is 2.86. The van der Waals surface area contributed by atoms with Crippen LogP contribution in [0.5, 0.6) is 0 Å². The van der Waals surface area contributed by atoms with Gasteiger partial charge in [-0.25, -0.2) is 4.57 Å². The third-order valence-electron chi connectivity index (χ3n) is 2.14. The van der Waals surface area contributed by atoms with E-state index >= 15 is 0 Å². The van der Waals surface area contributed by atoms with Gasteiger partial charge in [-0.05, 0) is 27.7 Å². The van der Waals surface area contributed by atoms with Crippen molar-refractivity contribution in [3.8, 4) is 6.07 Å². The number of hydrogen-bond donors (Lipinski definition) is 0. The number of nitrogens with zero attached hydrogens (tertiary/aromatic N) is 1. The molecule has 0 spiro atoms. The van der Waals surface area contributed by atoms with Crippen LogP contribution >= 0.6 is 7.82 Å². The molecule has 1 atom stereocenters. The maximum atomic E-state index is 13.5. The van der Waals surface area contributed by atoms with E-state index < -0.39 is 44.2 Å². The maximum Gasteiger partial charge on any atom is 0.476 e. The van der Waals surface area contributed by atoms with Crippen LogP contribution in [0, 0.1) is 11.3 Å². The van der Waals surface area contributed by atoms with E-state index in [0.717, 1.165) is 0 Å². The summed E-state index contributed by atoms with van der Waals surface area (Å²) in [4.78, 5) is 0. The first-order valence-electron chi connectivity index (χ1n) is 6.37. The Hall–Kier alpha value is -0.890. The molecule has 0 bridgehead atoms. The van der Waals surface area contributed by atoms with Crippen molar-refractivity contribution in [2.45, 2.75) is 64.0 Å². The van der Waals surface area contributed by atoms with Crippen LogP contribution in [0.3, 0.4) is 0 Å². The molecule has 5 nitrogen and oxygen atoms in total. The average molecular weight is 389 g/mol. The highest BCUT2D eigenvalue weighted by molar-refractivity contribution is 7.48. The number of nitriles is 1. The van der Waals surface area contributed by atoms with Gasteiger partial charge < -0.3 is 0 Å².